The SMILES string of the molecule is CCN1OC[C@@H](N2CC=C(c3c[nH]c4ncccc34)CC2)C1=O. The van der Waals surface area contributed by atoms with Gasteiger partial charge in [-0.3, -0.25) is 14.5 Å². The number of amides is 1. The lowest BCUT2D eigenvalue weighted by molar-refractivity contribution is -0.160. The molecule has 4 heterocycles. The van der Waals surface area contributed by atoms with Crippen molar-refractivity contribution in [3.05, 3.63) is 36.2 Å². The van der Waals surface area contributed by atoms with Crippen molar-refractivity contribution in [3.63, 3.8) is 0 Å². The zero-order valence-corrected chi connectivity index (χ0v) is 13.2. The van der Waals surface area contributed by atoms with Gasteiger partial charge in [-0.05, 0) is 31.1 Å². The maximum atomic E-state index is 12.2. The summed E-state index contributed by atoms with van der Waals surface area (Å²) >= 11 is 0. The molecule has 0 bridgehead atoms. The molecule has 2 aliphatic rings. The van der Waals surface area contributed by atoms with E-state index >= 15 is 0 Å². The molecular weight excluding hydrogens is 292 g/mol. The Balaban J connectivity index is 1.52. The molecule has 1 atom stereocenters. The second-order valence-electron chi connectivity index (χ2n) is 5.92. The molecule has 1 fully saturated rings. The predicted molar refractivity (Wildman–Crippen MR) is 87.4 cm³/mol. The van der Waals surface area contributed by atoms with Crippen LogP contribution in [0.1, 0.15) is 18.9 Å². The Labute approximate surface area is 134 Å². The Morgan fingerprint density at radius 2 is 2.39 bits per heavy atom. The Hall–Kier alpha value is -2.18. The van der Waals surface area contributed by atoms with E-state index in [4.69, 9.17) is 4.84 Å². The molecule has 0 radical (unpaired) electrons. The van der Waals surface area contributed by atoms with E-state index in [1.807, 2.05) is 19.2 Å². The van der Waals surface area contributed by atoms with Gasteiger partial charge < -0.3 is 4.98 Å². The van der Waals surface area contributed by atoms with Crippen LogP contribution >= 0.6 is 0 Å². The standard InChI is InChI=1S/C17H20N4O2/c1-2-21-17(22)15(11-23-21)20-8-5-12(6-9-20)14-10-19-16-13(14)4-3-7-18-16/h3-5,7,10,15H,2,6,8-9,11H2,1H3,(H,18,19)/t15-/m1/s1. The van der Waals surface area contributed by atoms with E-state index in [9.17, 15) is 4.79 Å². The summed E-state index contributed by atoms with van der Waals surface area (Å²) < 4.78 is 0. The van der Waals surface area contributed by atoms with Crippen LogP contribution in [0.25, 0.3) is 16.6 Å². The van der Waals surface area contributed by atoms with Gasteiger partial charge in [-0.25, -0.2) is 10.0 Å². The van der Waals surface area contributed by atoms with Crippen molar-refractivity contribution in [1.82, 2.24) is 19.9 Å². The fraction of sp³-hybridized carbons (Fsp3) is 0.412. The third-order valence-electron chi connectivity index (χ3n) is 4.68. The van der Waals surface area contributed by atoms with Gasteiger partial charge in [0, 0.05) is 43.0 Å². The first-order chi connectivity index (χ1) is 11.3. The summed E-state index contributed by atoms with van der Waals surface area (Å²) in [5.41, 5.74) is 3.46. The van der Waals surface area contributed by atoms with E-state index in [1.54, 1.807) is 6.20 Å². The quantitative estimate of drug-likeness (QED) is 0.939. The average Bonchev–Trinajstić information content (AvgIpc) is 3.18. The number of H-pyrrole nitrogens is 1. The van der Waals surface area contributed by atoms with Gasteiger partial charge in [-0.15, -0.1) is 0 Å². The van der Waals surface area contributed by atoms with E-state index in [2.05, 4.69) is 27.0 Å². The fourth-order valence-electron chi connectivity index (χ4n) is 3.40. The van der Waals surface area contributed by atoms with Crippen LogP contribution in [0.4, 0.5) is 0 Å². The number of nitrogens with one attached hydrogen (secondary N) is 1. The topological polar surface area (TPSA) is 61.5 Å². The minimum Gasteiger partial charge on any atom is -0.346 e. The molecule has 0 saturated carbocycles. The van der Waals surface area contributed by atoms with Crippen LogP contribution in [0.2, 0.25) is 0 Å². The molecule has 0 aromatic carbocycles. The second kappa shape index (κ2) is 5.79. The van der Waals surface area contributed by atoms with Crippen molar-refractivity contribution in [3.8, 4) is 0 Å². The minimum absolute atomic E-state index is 0.0839. The molecule has 23 heavy (non-hydrogen) atoms. The Morgan fingerprint density at radius 3 is 3.13 bits per heavy atom. The number of hydrogen-bond donors (Lipinski definition) is 1. The van der Waals surface area contributed by atoms with Crippen LogP contribution in [0.15, 0.2) is 30.6 Å². The van der Waals surface area contributed by atoms with Gasteiger partial charge in [0.05, 0.1) is 6.61 Å². The summed E-state index contributed by atoms with van der Waals surface area (Å²) in [6.45, 7) is 4.65. The number of aromatic amines is 1. The monoisotopic (exact) mass is 312 g/mol. The van der Waals surface area contributed by atoms with E-state index in [1.165, 1.54) is 16.2 Å². The van der Waals surface area contributed by atoms with Crippen LogP contribution in [-0.2, 0) is 9.63 Å². The summed E-state index contributed by atoms with van der Waals surface area (Å²) in [5, 5.41) is 2.62. The lowest BCUT2D eigenvalue weighted by Gasteiger charge is -2.29. The highest BCUT2D eigenvalue weighted by atomic mass is 16.7. The van der Waals surface area contributed by atoms with Gasteiger partial charge in [0.2, 0.25) is 0 Å². The number of hydrogen-bond acceptors (Lipinski definition) is 4. The van der Waals surface area contributed by atoms with Crippen LogP contribution < -0.4 is 0 Å². The minimum atomic E-state index is -0.141. The molecule has 1 N–H and O–H groups in total. The highest BCUT2D eigenvalue weighted by Gasteiger charge is 2.37. The molecule has 0 aliphatic carbocycles. The lowest BCUT2D eigenvalue weighted by Crippen LogP contribution is -2.44. The van der Waals surface area contributed by atoms with Crippen molar-refractivity contribution < 1.29 is 9.63 Å². The molecule has 2 aromatic heterocycles. The van der Waals surface area contributed by atoms with Gasteiger partial charge in [0.1, 0.15) is 11.7 Å². The van der Waals surface area contributed by atoms with Crippen molar-refractivity contribution in [2.75, 3.05) is 26.2 Å². The Bertz CT molecular complexity index is 767. The van der Waals surface area contributed by atoms with Crippen LogP contribution in [0, 0.1) is 0 Å². The maximum Gasteiger partial charge on any atom is 0.265 e. The van der Waals surface area contributed by atoms with Crippen LogP contribution in [0.5, 0.6) is 0 Å². The van der Waals surface area contributed by atoms with Crippen LogP contribution in [-0.4, -0.2) is 58.1 Å². The molecule has 0 spiro atoms. The van der Waals surface area contributed by atoms with Gasteiger partial charge in [0.15, 0.2) is 0 Å². The van der Waals surface area contributed by atoms with Gasteiger partial charge >= 0.3 is 0 Å². The number of carbonyl (C=O) groups excluding carboxylic acids is 1. The maximum absolute atomic E-state index is 12.2. The van der Waals surface area contributed by atoms with Crippen LogP contribution in [0.3, 0.4) is 0 Å². The summed E-state index contributed by atoms with van der Waals surface area (Å²) in [6.07, 6.45) is 6.98. The van der Waals surface area contributed by atoms with E-state index in [0.717, 1.165) is 30.5 Å². The Morgan fingerprint density at radius 1 is 1.48 bits per heavy atom. The zero-order chi connectivity index (χ0) is 15.8. The number of fused-ring (bicyclic) bond motifs is 1. The van der Waals surface area contributed by atoms with Crippen molar-refractivity contribution in [2.24, 2.45) is 0 Å². The van der Waals surface area contributed by atoms with Crippen molar-refractivity contribution in [1.29, 1.82) is 0 Å². The highest BCUT2D eigenvalue weighted by Crippen LogP contribution is 2.29. The van der Waals surface area contributed by atoms with Crippen molar-refractivity contribution >= 4 is 22.5 Å². The number of aromatic nitrogens is 2. The van der Waals surface area contributed by atoms with E-state index in [0.29, 0.717) is 13.2 Å². The molecular formula is C17H20N4O2. The number of pyridine rings is 1. The first-order valence-corrected chi connectivity index (χ1v) is 8.07. The molecule has 2 aromatic rings. The predicted octanol–water partition coefficient (Wildman–Crippen LogP) is 1.81. The average molecular weight is 312 g/mol. The third kappa shape index (κ3) is 2.44. The number of rotatable bonds is 3. The number of nitrogens with zero attached hydrogens (tertiary/aromatic N) is 3. The zero-order valence-electron chi connectivity index (χ0n) is 13.2. The van der Waals surface area contributed by atoms with Gasteiger partial charge in [-0.2, -0.15) is 0 Å². The molecule has 2 aliphatic heterocycles. The highest BCUT2D eigenvalue weighted by molar-refractivity contribution is 5.90. The van der Waals surface area contributed by atoms with Crippen molar-refractivity contribution in [2.45, 2.75) is 19.4 Å². The first kappa shape index (κ1) is 14.4. The number of carbonyl (C=O) groups is 1. The van der Waals surface area contributed by atoms with Gasteiger partial charge in [0.25, 0.3) is 5.91 Å². The lowest BCUT2D eigenvalue weighted by atomic mass is 9.99. The summed E-state index contributed by atoms with van der Waals surface area (Å²) in [7, 11) is 0. The van der Waals surface area contributed by atoms with Gasteiger partial charge in [-0.1, -0.05) is 6.08 Å². The van der Waals surface area contributed by atoms with E-state index in [-0.39, 0.29) is 11.9 Å². The molecule has 120 valence electrons. The summed E-state index contributed by atoms with van der Waals surface area (Å²) in [4.78, 5) is 27.5. The molecule has 0 unspecified atom stereocenters. The fourth-order valence-corrected chi connectivity index (χ4v) is 3.40. The van der Waals surface area contributed by atoms with E-state index < -0.39 is 0 Å². The smallest absolute Gasteiger partial charge is 0.265 e. The summed E-state index contributed by atoms with van der Waals surface area (Å²) in [5.74, 6) is 0.0839. The molecule has 1 saturated heterocycles. The Kier molecular flexibility index (Phi) is 3.63. The third-order valence-corrected chi connectivity index (χ3v) is 4.68. The largest absolute Gasteiger partial charge is 0.346 e. The number of hydroxylamine groups is 2. The molecule has 6 nitrogen and oxygen atoms in total. The second-order valence-corrected chi connectivity index (χ2v) is 5.92. The molecule has 6 heteroatoms. The molecule has 4 rings (SSSR count). The first-order valence-electron chi connectivity index (χ1n) is 8.07. The summed E-state index contributed by atoms with van der Waals surface area (Å²) in [6, 6.07) is 3.91. The molecule has 1 amide bonds. The normalized spacial score (nSPS) is 22.8. The number of likely N-dealkylation sites (N-methyl/N-ethyl adjacent to an activating group) is 1.